The van der Waals surface area contributed by atoms with E-state index in [2.05, 4.69) is 30.7 Å². The van der Waals surface area contributed by atoms with Gasteiger partial charge >= 0.3 is 0 Å². The quantitative estimate of drug-likeness (QED) is 0.722. The average Bonchev–Trinajstić information content (AvgIpc) is 2.16. The van der Waals surface area contributed by atoms with Crippen LogP contribution in [-0.2, 0) is 6.42 Å². The van der Waals surface area contributed by atoms with Crippen LogP contribution in [0, 0.1) is 5.92 Å². The van der Waals surface area contributed by atoms with Gasteiger partial charge in [-0.3, -0.25) is 4.98 Å². The molecule has 0 fully saturated rings. The second-order valence-corrected chi connectivity index (χ2v) is 3.79. The molecule has 3 heteroatoms. The Morgan fingerprint density at radius 2 is 2.07 bits per heavy atom. The van der Waals surface area contributed by atoms with Gasteiger partial charge in [0.25, 0.3) is 0 Å². The molecular formula is C11H18N2O. The molecule has 0 spiro atoms. The minimum absolute atomic E-state index is 0.617. The molecule has 3 nitrogen and oxygen atoms in total. The normalized spacial score (nSPS) is 10.6. The first kappa shape index (κ1) is 11.0. The molecule has 0 amide bonds. The summed E-state index contributed by atoms with van der Waals surface area (Å²) in [5.41, 5.74) is 1.03. The van der Waals surface area contributed by atoms with Gasteiger partial charge in [0.1, 0.15) is 0 Å². The number of hydrogen-bond acceptors (Lipinski definition) is 3. The fourth-order valence-corrected chi connectivity index (χ4v) is 1.15. The van der Waals surface area contributed by atoms with Gasteiger partial charge in [-0.05, 0) is 18.8 Å². The molecule has 0 saturated heterocycles. The summed E-state index contributed by atoms with van der Waals surface area (Å²) in [5, 5.41) is 0. The molecule has 1 heterocycles. The minimum atomic E-state index is 0.617. The van der Waals surface area contributed by atoms with Gasteiger partial charge in [0.05, 0.1) is 24.7 Å². The van der Waals surface area contributed by atoms with Crippen LogP contribution >= 0.6 is 0 Å². The first-order valence-corrected chi connectivity index (χ1v) is 5.16. The van der Waals surface area contributed by atoms with Crippen LogP contribution in [0.3, 0.4) is 0 Å². The van der Waals surface area contributed by atoms with Crippen LogP contribution in [0.25, 0.3) is 0 Å². The summed E-state index contributed by atoms with van der Waals surface area (Å²) in [6, 6.07) is 0. The first-order valence-electron chi connectivity index (χ1n) is 5.16. The molecule has 1 rings (SSSR count). The Balaban J connectivity index is 2.50. The molecule has 0 atom stereocenters. The fraction of sp³-hybridized carbons (Fsp3) is 0.636. The Morgan fingerprint density at radius 1 is 1.29 bits per heavy atom. The molecule has 14 heavy (non-hydrogen) atoms. The van der Waals surface area contributed by atoms with Crippen LogP contribution in [0.1, 0.15) is 32.9 Å². The zero-order chi connectivity index (χ0) is 10.4. The van der Waals surface area contributed by atoms with Crippen LogP contribution in [0.4, 0.5) is 0 Å². The number of ether oxygens (including phenoxy) is 1. The Hall–Kier alpha value is -1.12. The highest BCUT2D eigenvalue weighted by Gasteiger charge is 2.00. The summed E-state index contributed by atoms with van der Waals surface area (Å²) in [6.45, 7) is 7.12. The third-order valence-corrected chi connectivity index (χ3v) is 1.75. The summed E-state index contributed by atoms with van der Waals surface area (Å²) < 4.78 is 5.34. The highest BCUT2D eigenvalue weighted by molar-refractivity contribution is 5.07. The van der Waals surface area contributed by atoms with Crippen molar-refractivity contribution >= 4 is 0 Å². The Bertz CT molecular complexity index is 256. The number of nitrogens with zero attached hydrogens (tertiary/aromatic N) is 2. The molecule has 0 bridgehead atoms. The van der Waals surface area contributed by atoms with Gasteiger partial charge in [-0.1, -0.05) is 20.8 Å². The van der Waals surface area contributed by atoms with E-state index in [0.717, 1.165) is 18.5 Å². The van der Waals surface area contributed by atoms with E-state index in [4.69, 9.17) is 4.74 Å². The molecule has 0 aromatic carbocycles. The summed E-state index contributed by atoms with van der Waals surface area (Å²) in [6.07, 6.45) is 5.47. The molecule has 0 N–H and O–H groups in total. The lowest BCUT2D eigenvalue weighted by Crippen LogP contribution is -2.01. The monoisotopic (exact) mass is 194 g/mol. The lowest BCUT2D eigenvalue weighted by atomic mass is 10.1. The molecule has 0 aliphatic rings. The maximum Gasteiger partial charge on any atom is 0.232 e. The van der Waals surface area contributed by atoms with Crippen molar-refractivity contribution in [3.63, 3.8) is 0 Å². The predicted octanol–water partition coefficient (Wildman–Crippen LogP) is 2.46. The third-order valence-electron chi connectivity index (χ3n) is 1.75. The van der Waals surface area contributed by atoms with Crippen LogP contribution in [-0.4, -0.2) is 16.6 Å². The van der Waals surface area contributed by atoms with Gasteiger partial charge in [0.2, 0.25) is 5.88 Å². The largest absolute Gasteiger partial charge is 0.477 e. The number of hydrogen-bond donors (Lipinski definition) is 0. The Labute approximate surface area is 85.5 Å². The van der Waals surface area contributed by atoms with Crippen molar-refractivity contribution in [3.8, 4) is 5.88 Å². The maximum atomic E-state index is 5.34. The molecule has 0 aliphatic heterocycles. The van der Waals surface area contributed by atoms with Crippen molar-refractivity contribution in [3.05, 3.63) is 18.1 Å². The van der Waals surface area contributed by atoms with E-state index in [1.807, 2.05) is 0 Å². The molecule has 1 aromatic heterocycles. The predicted molar refractivity (Wildman–Crippen MR) is 56.4 cm³/mol. The first-order chi connectivity index (χ1) is 6.72. The molecule has 78 valence electrons. The van der Waals surface area contributed by atoms with Crippen LogP contribution in [0.2, 0.25) is 0 Å². The minimum Gasteiger partial charge on any atom is -0.477 e. The van der Waals surface area contributed by atoms with Gasteiger partial charge in [-0.25, -0.2) is 4.98 Å². The van der Waals surface area contributed by atoms with Gasteiger partial charge in [-0.15, -0.1) is 0 Å². The van der Waals surface area contributed by atoms with E-state index in [1.165, 1.54) is 0 Å². The van der Waals surface area contributed by atoms with E-state index in [0.29, 0.717) is 18.4 Å². The zero-order valence-corrected chi connectivity index (χ0v) is 9.16. The molecule has 1 aromatic rings. The molecule has 0 aliphatic carbocycles. The van der Waals surface area contributed by atoms with Crippen molar-refractivity contribution in [2.75, 3.05) is 6.61 Å². The van der Waals surface area contributed by atoms with Crippen LogP contribution in [0.5, 0.6) is 5.88 Å². The lowest BCUT2D eigenvalue weighted by molar-refractivity contribution is 0.303. The fourth-order valence-electron chi connectivity index (χ4n) is 1.15. The smallest absolute Gasteiger partial charge is 0.232 e. The highest BCUT2D eigenvalue weighted by atomic mass is 16.5. The summed E-state index contributed by atoms with van der Waals surface area (Å²) >= 11 is 0. The lowest BCUT2D eigenvalue weighted by Gasteiger charge is -2.05. The van der Waals surface area contributed by atoms with Crippen molar-refractivity contribution < 1.29 is 4.74 Å². The second-order valence-electron chi connectivity index (χ2n) is 3.79. The summed E-state index contributed by atoms with van der Waals surface area (Å²) in [7, 11) is 0. The Kier molecular flexibility index (Phi) is 4.36. The third kappa shape index (κ3) is 3.73. The molecule has 0 unspecified atom stereocenters. The van der Waals surface area contributed by atoms with Crippen molar-refractivity contribution in [2.45, 2.75) is 33.6 Å². The van der Waals surface area contributed by atoms with E-state index in [9.17, 15) is 0 Å². The zero-order valence-electron chi connectivity index (χ0n) is 9.16. The molecule has 0 saturated carbocycles. The number of rotatable bonds is 5. The van der Waals surface area contributed by atoms with Crippen molar-refractivity contribution in [1.29, 1.82) is 0 Å². The highest BCUT2D eigenvalue weighted by Crippen LogP contribution is 2.08. The average molecular weight is 194 g/mol. The van der Waals surface area contributed by atoms with E-state index < -0.39 is 0 Å². The van der Waals surface area contributed by atoms with Gasteiger partial charge in [0.15, 0.2) is 0 Å². The van der Waals surface area contributed by atoms with Crippen molar-refractivity contribution in [2.24, 2.45) is 5.92 Å². The maximum absolute atomic E-state index is 5.34. The van der Waals surface area contributed by atoms with E-state index >= 15 is 0 Å². The topological polar surface area (TPSA) is 35.0 Å². The number of aromatic nitrogens is 2. The molecule has 0 radical (unpaired) electrons. The van der Waals surface area contributed by atoms with Crippen LogP contribution in [0.15, 0.2) is 12.4 Å². The summed E-state index contributed by atoms with van der Waals surface area (Å²) in [5.74, 6) is 1.24. The van der Waals surface area contributed by atoms with E-state index in [1.54, 1.807) is 12.4 Å². The Morgan fingerprint density at radius 3 is 2.57 bits per heavy atom. The second kappa shape index (κ2) is 5.58. The van der Waals surface area contributed by atoms with Gasteiger partial charge in [0, 0.05) is 0 Å². The van der Waals surface area contributed by atoms with Gasteiger partial charge < -0.3 is 4.74 Å². The molecular weight excluding hydrogens is 176 g/mol. The van der Waals surface area contributed by atoms with Crippen molar-refractivity contribution in [1.82, 2.24) is 9.97 Å². The summed E-state index contributed by atoms with van der Waals surface area (Å²) in [4.78, 5) is 8.47. The SMILES string of the molecule is CCCOc1cnc(CC(C)C)cn1. The van der Waals surface area contributed by atoms with Crippen LogP contribution < -0.4 is 4.74 Å². The van der Waals surface area contributed by atoms with E-state index in [-0.39, 0.29) is 0 Å². The standard InChI is InChI=1S/C11H18N2O/c1-4-5-14-11-8-12-10(7-13-11)6-9(2)3/h7-9H,4-6H2,1-3H3. The van der Waals surface area contributed by atoms with Gasteiger partial charge in [-0.2, -0.15) is 0 Å².